The number of aliphatic hydroxyl groups excluding tert-OH is 1. The Labute approximate surface area is 178 Å². The first-order valence-corrected chi connectivity index (χ1v) is 10.4. The number of aliphatic hydroxyl groups is 1. The number of nitrogens with zero attached hydrogens (tertiary/aromatic N) is 3. The Hall–Kier alpha value is -2.62. The minimum absolute atomic E-state index is 0.0258. The fourth-order valence-corrected chi connectivity index (χ4v) is 3.63. The number of hydrogen-bond acceptors (Lipinski definition) is 8. The molecule has 1 aromatic carbocycles. The van der Waals surface area contributed by atoms with Crippen LogP contribution >= 0.6 is 11.3 Å². The fourth-order valence-electron chi connectivity index (χ4n) is 2.72. The van der Waals surface area contributed by atoms with Crippen LogP contribution in [0.25, 0.3) is 21.1 Å². The van der Waals surface area contributed by atoms with Gasteiger partial charge < -0.3 is 20.3 Å². The number of rotatable bonds is 8. The second-order valence-electron chi connectivity index (χ2n) is 7.28. The van der Waals surface area contributed by atoms with Crippen molar-refractivity contribution in [1.82, 2.24) is 15.2 Å². The van der Waals surface area contributed by atoms with E-state index in [1.165, 1.54) is 17.4 Å². The molecule has 9 heteroatoms. The Bertz CT molecular complexity index is 1030. The van der Waals surface area contributed by atoms with Gasteiger partial charge in [-0.15, -0.1) is 10.2 Å². The molecule has 0 amide bonds. The van der Waals surface area contributed by atoms with E-state index < -0.39 is 11.9 Å². The Morgan fingerprint density at radius 2 is 1.87 bits per heavy atom. The number of halogens is 1. The van der Waals surface area contributed by atoms with Crippen molar-refractivity contribution in [3.8, 4) is 32.8 Å². The number of aryl methyl sites for hydroxylation is 2. The highest BCUT2D eigenvalue weighted by Gasteiger charge is 2.16. The van der Waals surface area contributed by atoms with Crippen LogP contribution < -0.4 is 15.2 Å². The molecule has 3 aromatic rings. The van der Waals surface area contributed by atoms with Crippen LogP contribution in [0.2, 0.25) is 0 Å². The maximum absolute atomic E-state index is 14.5. The highest BCUT2D eigenvalue weighted by Crippen LogP contribution is 2.35. The minimum atomic E-state index is -0.565. The Morgan fingerprint density at radius 1 is 1.13 bits per heavy atom. The van der Waals surface area contributed by atoms with E-state index in [1.807, 2.05) is 33.8 Å². The van der Waals surface area contributed by atoms with Crippen molar-refractivity contribution in [2.45, 2.75) is 39.8 Å². The summed E-state index contributed by atoms with van der Waals surface area (Å²) >= 11 is 1.35. The van der Waals surface area contributed by atoms with Crippen LogP contribution in [0, 0.1) is 19.7 Å². The average molecular weight is 433 g/mol. The molecule has 0 saturated heterocycles. The van der Waals surface area contributed by atoms with Crippen LogP contribution in [0.15, 0.2) is 24.4 Å². The third-order valence-corrected chi connectivity index (χ3v) is 5.25. The molecule has 2 heterocycles. The summed E-state index contributed by atoms with van der Waals surface area (Å²) in [5.41, 5.74) is 8.76. The summed E-state index contributed by atoms with van der Waals surface area (Å²) in [4.78, 5) is 4.37. The summed E-state index contributed by atoms with van der Waals surface area (Å²) in [5.74, 6) is 0.156. The lowest BCUT2D eigenvalue weighted by molar-refractivity contribution is 0.202. The zero-order valence-electron chi connectivity index (χ0n) is 17.3. The average Bonchev–Trinajstić information content (AvgIpc) is 3.19. The third-order valence-electron chi connectivity index (χ3n) is 4.25. The number of pyridine rings is 1. The molecule has 160 valence electrons. The molecule has 0 aliphatic carbocycles. The van der Waals surface area contributed by atoms with Gasteiger partial charge in [-0.05, 0) is 51.5 Å². The minimum Gasteiger partial charge on any atom is -0.489 e. The standard InChI is InChI=1S/C21H25FN4O3S/c1-11(2)29-19-13(4)5-14(8-24-19)20-25-26-21(30-20)16-7-17(22)18(6-12(16)3)28-10-15(23)9-27/h5-8,11,15,27H,9-10,23H2,1-4H3/t15-/m1/s1. The quantitative estimate of drug-likeness (QED) is 0.561. The summed E-state index contributed by atoms with van der Waals surface area (Å²) in [6.45, 7) is 7.47. The molecule has 0 aliphatic rings. The summed E-state index contributed by atoms with van der Waals surface area (Å²) in [7, 11) is 0. The normalized spacial score (nSPS) is 12.3. The number of ether oxygens (including phenoxy) is 2. The Morgan fingerprint density at radius 3 is 2.53 bits per heavy atom. The molecule has 7 nitrogen and oxygen atoms in total. The first-order valence-electron chi connectivity index (χ1n) is 9.55. The van der Waals surface area contributed by atoms with E-state index >= 15 is 0 Å². The zero-order valence-corrected chi connectivity index (χ0v) is 18.2. The Balaban J connectivity index is 1.84. The molecular formula is C21H25FN4O3S. The van der Waals surface area contributed by atoms with E-state index in [0.29, 0.717) is 21.5 Å². The van der Waals surface area contributed by atoms with Crippen LogP contribution in [0.1, 0.15) is 25.0 Å². The molecule has 2 aromatic heterocycles. The van der Waals surface area contributed by atoms with E-state index in [-0.39, 0.29) is 25.1 Å². The highest BCUT2D eigenvalue weighted by atomic mass is 32.1. The molecule has 1 atom stereocenters. The van der Waals surface area contributed by atoms with Crippen molar-refractivity contribution in [2.75, 3.05) is 13.2 Å². The van der Waals surface area contributed by atoms with Crippen LogP contribution in [0.5, 0.6) is 11.6 Å². The molecule has 0 fully saturated rings. The van der Waals surface area contributed by atoms with E-state index in [4.69, 9.17) is 20.3 Å². The predicted molar refractivity (Wildman–Crippen MR) is 114 cm³/mol. The second kappa shape index (κ2) is 9.46. The third kappa shape index (κ3) is 5.10. The molecule has 3 rings (SSSR count). The molecule has 0 saturated carbocycles. The predicted octanol–water partition coefficient (Wildman–Crippen LogP) is 3.51. The summed E-state index contributed by atoms with van der Waals surface area (Å²) in [5, 5.41) is 18.7. The highest BCUT2D eigenvalue weighted by molar-refractivity contribution is 7.17. The second-order valence-corrected chi connectivity index (χ2v) is 8.25. The summed E-state index contributed by atoms with van der Waals surface area (Å²) in [6, 6.07) is 4.36. The van der Waals surface area contributed by atoms with Gasteiger partial charge in [-0.25, -0.2) is 9.37 Å². The molecule has 3 N–H and O–H groups in total. The maximum atomic E-state index is 14.5. The molecule has 0 bridgehead atoms. The largest absolute Gasteiger partial charge is 0.489 e. The van der Waals surface area contributed by atoms with Crippen LogP contribution in [-0.4, -0.2) is 45.6 Å². The monoisotopic (exact) mass is 432 g/mol. The van der Waals surface area contributed by atoms with Crippen LogP contribution in [0.4, 0.5) is 4.39 Å². The van der Waals surface area contributed by atoms with Crippen LogP contribution in [0.3, 0.4) is 0 Å². The molecule has 0 radical (unpaired) electrons. The number of aromatic nitrogens is 3. The molecule has 0 unspecified atom stereocenters. The molecule has 0 spiro atoms. The molecular weight excluding hydrogens is 407 g/mol. The van der Waals surface area contributed by atoms with Gasteiger partial charge in [-0.3, -0.25) is 0 Å². The maximum Gasteiger partial charge on any atom is 0.216 e. The van der Waals surface area contributed by atoms with E-state index in [0.717, 1.165) is 16.7 Å². The lowest BCUT2D eigenvalue weighted by Crippen LogP contribution is -2.31. The van der Waals surface area contributed by atoms with Crippen molar-refractivity contribution in [3.05, 3.63) is 41.3 Å². The lowest BCUT2D eigenvalue weighted by Gasteiger charge is -2.13. The van der Waals surface area contributed by atoms with Gasteiger partial charge in [-0.2, -0.15) is 0 Å². The summed E-state index contributed by atoms with van der Waals surface area (Å²) in [6.07, 6.45) is 1.74. The molecule has 30 heavy (non-hydrogen) atoms. The van der Waals surface area contributed by atoms with Gasteiger partial charge in [-0.1, -0.05) is 11.3 Å². The van der Waals surface area contributed by atoms with Crippen LogP contribution in [-0.2, 0) is 0 Å². The SMILES string of the molecule is Cc1cc(OC[C@H](N)CO)c(F)cc1-c1nnc(-c2cnc(OC(C)C)c(C)c2)s1. The zero-order chi connectivity index (χ0) is 21.8. The van der Waals surface area contributed by atoms with Gasteiger partial charge in [0, 0.05) is 22.9 Å². The first kappa shape index (κ1) is 22.1. The van der Waals surface area contributed by atoms with Gasteiger partial charge in [0.25, 0.3) is 0 Å². The van der Waals surface area contributed by atoms with E-state index in [2.05, 4.69) is 15.2 Å². The van der Waals surface area contributed by atoms with Gasteiger partial charge in [0.2, 0.25) is 5.88 Å². The number of benzene rings is 1. The van der Waals surface area contributed by atoms with Crippen molar-refractivity contribution >= 4 is 11.3 Å². The van der Waals surface area contributed by atoms with Crippen molar-refractivity contribution in [2.24, 2.45) is 5.73 Å². The number of nitrogens with two attached hydrogens (primary N) is 1. The fraction of sp³-hybridized carbons (Fsp3) is 0.381. The van der Waals surface area contributed by atoms with Gasteiger partial charge in [0.05, 0.1) is 18.8 Å². The smallest absolute Gasteiger partial charge is 0.216 e. The van der Waals surface area contributed by atoms with Gasteiger partial charge >= 0.3 is 0 Å². The lowest BCUT2D eigenvalue weighted by atomic mass is 10.1. The first-order chi connectivity index (χ1) is 14.3. The topological polar surface area (TPSA) is 103 Å². The van der Waals surface area contributed by atoms with Crippen molar-refractivity contribution in [3.63, 3.8) is 0 Å². The van der Waals surface area contributed by atoms with E-state index in [9.17, 15) is 4.39 Å². The van der Waals surface area contributed by atoms with E-state index in [1.54, 1.807) is 12.3 Å². The molecule has 0 aliphatic heterocycles. The van der Waals surface area contributed by atoms with Gasteiger partial charge in [0.15, 0.2) is 11.6 Å². The van der Waals surface area contributed by atoms with Crippen molar-refractivity contribution in [1.29, 1.82) is 0 Å². The Kier molecular flexibility index (Phi) is 6.96. The van der Waals surface area contributed by atoms with Crippen molar-refractivity contribution < 1.29 is 19.0 Å². The summed E-state index contributed by atoms with van der Waals surface area (Å²) < 4.78 is 25.6. The number of hydrogen-bond donors (Lipinski definition) is 2. The van der Waals surface area contributed by atoms with Gasteiger partial charge in [0.1, 0.15) is 16.6 Å².